The van der Waals surface area contributed by atoms with Crippen molar-refractivity contribution in [2.75, 3.05) is 6.61 Å². The van der Waals surface area contributed by atoms with Crippen LogP contribution >= 0.6 is 0 Å². The second-order valence-electron chi connectivity index (χ2n) is 4.37. The molecule has 19 heavy (non-hydrogen) atoms. The molecule has 0 aliphatic carbocycles. The molecule has 0 saturated carbocycles. The molecule has 2 rings (SSSR count). The molecule has 1 heterocycles. The molecule has 0 amide bonds. The summed E-state index contributed by atoms with van der Waals surface area (Å²) in [5, 5.41) is 7.03. The van der Waals surface area contributed by atoms with Crippen LogP contribution in [0.2, 0.25) is 0 Å². The van der Waals surface area contributed by atoms with Crippen molar-refractivity contribution in [3.63, 3.8) is 0 Å². The summed E-state index contributed by atoms with van der Waals surface area (Å²) < 4.78 is 5.59. The maximum Gasteiger partial charge on any atom is 0.153 e. The van der Waals surface area contributed by atoms with Gasteiger partial charge >= 0.3 is 0 Å². The van der Waals surface area contributed by atoms with Gasteiger partial charge in [-0.05, 0) is 38.3 Å². The number of nitrogens with one attached hydrogen (secondary N) is 1. The Balaban J connectivity index is 2.12. The molecule has 0 spiro atoms. The minimum absolute atomic E-state index is 0.651. The van der Waals surface area contributed by atoms with Crippen molar-refractivity contribution in [1.29, 1.82) is 0 Å². The van der Waals surface area contributed by atoms with E-state index < -0.39 is 0 Å². The van der Waals surface area contributed by atoms with Crippen molar-refractivity contribution in [3.05, 3.63) is 46.8 Å². The van der Waals surface area contributed by atoms with Crippen LogP contribution in [0.4, 0.5) is 0 Å². The minimum Gasteiger partial charge on any atom is -0.494 e. The fourth-order valence-corrected chi connectivity index (χ4v) is 2.09. The average Bonchev–Trinajstić information content (AvgIpc) is 2.78. The number of aromatic nitrogens is 2. The first-order valence-electron chi connectivity index (χ1n) is 6.46. The number of H-pyrrole nitrogens is 1. The van der Waals surface area contributed by atoms with Crippen molar-refractivity contribution in [2.24, 2.45) is 0 Å². The predicted molar refractivity (Wildman–Crippen MR) is 73.7 cm³/mol. The number of aldehydes is 1. The van der Waals surface area contributed by atoms with Crippen molar-refractivity contribution in [2.45, 2.75) is 26.7 Å². The van der Waals surface area contributed by atoms with E-state index in [-0.39, 0.29) is 0 Å². The van der Waals surface area contributed by atoms with Gasteiger partial charge in [-0.3, -0.25) is 9.89 Å². The van der Waals surface area contributed by atoms with Crippen molar-refractivity contribution < 1.29 is 9.53 Å². The van der Waals surface area contributed by atoms with Crippen molar-refractivity contribution >= 4 is 6.29 Å². The quantitative estimate of drug-likeness (QED) is 0.810. The zero-order chi connectivity index (χ0) is 13.7. The Hall–Kier alpha value is -2.10. The highest BCUT2D eigenvalue weighted by Crippen LogP contribution is 2.20. The monoisotopic (exact) mass is 258 g/mol. The fraction of sp³-hybridized carbons (Fsp3) is 0.333. The third kappa shape index (κ3) is 3.02. The molecule has 0 aliphatic rings. The van der Waals surface area contributed by atoms with E-state index in [1.807, 2.05) is 38.1 Å². The standard InChI is InChI=1S/C15H18N2O2/c1-3-19-15-7-5-4-6-12(15)8-9-14-13(10-18)11(2)16-17-14/h4-7,10H,3,8-9H2,1-2H3,(H,16,17). The lowest BCUT2D eigenvalue weighted by Crippen LogP contribution is -2.00. The molecule has 4 heteroatoms. The second-order valence-corrected chi connectivity index (χ2v) is 4.37. The van der Waals surface area contributed by atoms with E-state index in [2.05, 4.69) is 10.2 Å². The van der Waals surface area contributed by atoms with Crippen molar-refractivity contribution in [1.82, 2.24) is 10.2 Å². The molecule has 100 valence electrons. The van der Waals surface area contributed by atoms with Crippen LogP contribution < -0.4 is 4.74 Å². The zero-order valence-corrected chi connectivity index (χ0v) is 11.3. The van der Waals surface area contributed by atoms with Crippen LogP contribution in [0.5, 0.6) is 5.75 Å². The first-order valence-corrected chi connectivity index (χ1v) is 6.46. The van der Waals surface area contributed by atoms with Crippen molar-refractivity contribution in [3.8, 4) is 5.75 Å². The molecule has 4 nitrogen and oxygen atoms in total. The Bertz CT molecular complexity index is 561. The number of aromatic amines is 1. The number of aryl methyl sites for hydroxylation is 3. The van der Waals surface area contributed by atoms with E-state index in [1.165, 1.54) is 0 Å². The van der Waals surface area contributed by atoms with Crippen LogP contribution in [0.25, 0.3) is 0 Å². The highest BCUT2D eigenvalue weighted by atomic mass is 16.5. The lowest BCUT2D eigenvalue weighted by atomic mass is 10.0. The molecule has 1 aromatic carbocycles. The fourth-order valence-electron chi connectivity index (χ4n) is 2.09. The Morgan fingerprint density at radius 1 is 1.32 bits per heavy atom. The molecule has 0 saturated heterocycles. The largest absolute Gasteiger partial charge is 0.494 e. The first kappa shape index (κ1) is 13.3. The number of hydrogen-bond acceptors (Lipinski definition) is 3. The Morgan fingerprint density at radius 2 is 2.11 bits per heavy atom. The lowest BCUT2D eigenvalue weighted by Gasteiger charge is -2.09. The summed E-state index contributed by atoms with van der Waals surface area (Å²) in [5.41, 5.74) is 3.46. The smallest absolute Gasteiger partial charge is 0.153 e. The minimum atomic E-state index is 0.651. The molecule has 0 aliphatic heterocycles. The van der Waals surface area contributed by atoms with Gasteiger partial charge in [0.05, 0.1) is 17.9 Å². The topological polar surface area (TPSA) is 55.0 Å². The lowest BCUT2D eigenvalue weighted by molar-refractivity contribution is 0.112. The third-order valence-corrected chi connectivity index (χ3v) is 3.09. The van der Waals surface area contributed by atoms with Crippen LogP contribution in [0, 0.1) is 6.92 Å². The van der Waals surface area contributed by atoms with Crippen LogP contribution in [0.1, 0.15) is 34.2 Å². The van der Waals surface area contributed by atoms with E-state index in [0.717, 1.165) is 41.8 Å². The van der Waals surface area contributed by atoms with E-state index in [4.69, 9.17) is 4.74 Å². The van der Waals surface area contributed by atoms with E-state index in [1.54, 1.807) is 0 Å². The third-order valence-electron chi connectivity index (χ3n) is 3.09. The van der Waals surface area contributed by atoms with Gasteiger partial charge in [-0.1, -0.05) is 18.2 Å². The second kappa shape index (κ2) is 6.18. The van der Waals surface area contributed by atoms with Gasteiger partial charge in [0.2, 0.25) is 0 Å². The van der Waals surface area contributed by atoms with Gasteiger partial charge < -0.3 is 4.74 Å². The molecule has 1 aromatic heterocycles. The molecule has 0 bridgehead atoms. The number of benzene rings is 1. The van der Waals surface area contributed by atoms with Crippen LogP contribution in [-0.2, 0) is 12.8 Å². The summed E-state index contributed by atoms with van der Waals surface area (Å²) in [7, 11) is 0. The maximum atomic E-state index is 11.0. The van der Waals surface area contributed by atoms with E-state index in [9.17, 15) is 4.79 Å². The van der Waals surface area contributed by atoms with Crippen LogP contribution in [0.3, 0.4) is 0 Å². The summed E-state index contributed by atoms with van der Waals surface area (Å²) in [4.78, 5) is 11.0. The number of ether oxygens (including phenoxy) is 1. The Morgan fingerprint density at radius 3 is 2.84 bits per heavy atom. The summed E-state index contributed by atoms with van der Waals surface area (Å²) in [6, 6.07) is 7.97. The number of carbonyl (C=O) groups is 1. The van der Waals surface area contributed by atoms with Gasteiger partial charge in [0.25, 0.3) is 0 Å². The number of nitrogens with zero attached hydrogens (tertiary/aromatic N) is 1. The first-order chi connectivity index (χ1) is 9.26. The normalized spacial score (nSPS) is 10.4. The Labute approximate surface area is 112 Å². The van der Waals surface area contributed by atoms with Gasteiger partial charge in [0.15, 0.2) is 6.29 Å². The molecule has 0 fully saturated rings. The number of carbonyl (C=O) groups excluding carboxylic acids is 1. The van der Waals surface area contributed by atoms with Gasteiger partial charge in [-0.2, -0.15) is 5.10 Å². The van der Waals surface area contributed by atoms with Crippen LogP contribution in [-0.4, -0.2) is 23.1 Å². The van der Waals surface area contributed by atoms with Gasteiger partial charge in [-0.25, -0.2) is 0 Å². The molecule has 0 atom stereocenters. The number of para-hydroxylation sites is 1. The Kier molecular flexibility index (Phi) is 4.34. The molecule has 0 unspecified atom stereocenters. The zero-order valence-electron chi connectivity index (χ0n) is 11.3. The van der Waals surface area contributed by atoms with E-state index >= 15 is 0 Å². The summed E-state index contributed by atoms with van der Waals surface area (Å²) in [6.45, 7) is 4.48. The maximum absolute atomic E-state index is 11.0. The molecule has 0 radical (unpaired) electrons. The average molecular weight is 258 g/mol. The summed E-state index contributed by atoms with van der Waals surface area (Å²) in [6.07, 6.45) is 2.40. The summed E-state index contributed by atoms with van der Waals surface area (Å²) in [5.74, 6) is 0.907. The van der Waals surface area contributed by atoms with Gasteiger partial charge in [-0.15, -0.1) is 0 Å². The molecule has 1 N–H and O–H groups in total. The highest BCUT2D eigenvalue weighted by Gasteiger charge is 2.10. The number of hydrogen-bond donors (Lipinski definition) is 1. The number of rotatable bonds is 6. The van der Waals surface area contributed by atoms with Gasteiger partial charge in [0, 0.05) is 5.69 Å². The van der Waals surface area contributed by atoms with E-state index in [0.29, 0.717) is 12.2 Å². The molecule has 2 aromatic rings. The molecular formula is C15H18N2O2. The SMILES string of the molecule is CCOc1ccccc1CCc1n[nH]c(C)c1C=O. The predicted octanol–water partition coefficient (Wildman–Crippen LogP) is 2.71. The highest BCUT2D eigenvalue weighted by molar-refractivity contribution is 5.78. The van der Waals surface area contributed by atoms with Gasteiger partial charge in [0.1, 0.15) is 5.75 Å². The summed E-state index contributed by atoms with van der Waals surface area (Å²) >= 11 is 0. The van der Waals surface area contributed by atoms with Crippen LogP contribution in [0.15, 0.2) is 24.3 Å². The molecular weight excluding hydrogens is 240 g/mol.